The molecule has 0 saturated carbocycles. The minimum Gasteiger partial charge on any atom is -0.300 e. The standard InChI is InChI=1S/C16H22N4O4/c1-5-17-10-11(14(22)20(8-4)15(17)23)12-9-13(21)19(7-3)16(24)18(12)6-2/h9-10H,5-8H2,1-4H3. The maximum Gasteiger partial charge on any atom is 0.331 e. The van der Waals surface area contributed by atoms with Crippen molar-refractivity contribution in [1.82, 2.24) is 18.3 Å². The third-order valence-electron chi connectivity index (χ3n) is 4.08. The first-order valence-electron chi connectivity index (χ1n) is 8.10. The van der Waals surface area contributed by atoms with Crippen LogP contribution in [0.5, 0.6) is 0 Å². The molecular weight excluding hydrogens is 312 g/mol. The fourth-order valence-corrected chi connectivity index (χ4v) is 2.77. The first-order chi connectivity index (χ1) is 11.4. The van der Waals surface area contributed by atoms with E-state index in [1.54, 1.807) is 27.7 Å². The van der Waals surface area contributed by atoms with Crippen LogP contribution in [0, 0.1) is 0 Å². The van der Waals surface area contributed by atoms with Crippen molar-refractivity contribution in [2.45, 2.75) is 53.9 Å². The molecule has 0 unspecified atom stereocenters. The molecule has 2 aromatic heterocycles. The number of nitrogens with zero attached hydrogens (tertiary/aromatic N) is 4. The van der Waals surface area contributed by atoms with Gasteiger partial charge in [0.1, 0.15) is 0 Å². The average Bonchev–Trinajstić information content (AvgIpc) is 2.55. The van der Waals surface area contributed by atoms with Gasteiger partial charge in [0.2, 0.25) is 0 Å². The summed E-state index contributed by atoms with van der Waals surface area (Å²) in [5.74, 6) is 0. The molecule has 0 amide bonds. The number of aryl methyl sites for hydroxylation is 1. The summed E-state index contributed by atoms with van der Waals surface area (Å²) in [6, 6.07) is 1.29. The summed E-state index contributed by atoms with van der Waals surface area (Å²) in [6.07, 6.45) is 1.42. The second kappa shape index (κ2) is 6.86. The molecule has 0 aliphatic carbocycles. The second-order valence-electron chi connectivity index (χ2n) is 5.30. The van der Waals surface area contributed by atoms with Crippen molar-refractivity contribution in [2.24, 2.45) is 0 Å². The lowest BCUT2D eigenvalue weighted by Crippen LogP contribution is -2.43. The molecule has 2 aromatic rings. The van der Waals surface area contributed by atoms with Crippen LogP contribution in [0.2, 0.25) is 0 Å². The highest BCUT2D eigenvalue weighted by molar-refractivity contribution is 5.56. The number of rotatable bonds is 5. The van der Waals surface area contributed by atoms with Gasteiger partial charge >= 0.3 is 11.4 Å². The fraction of sp³-hybridized carbons (Fsp3) is 0.500. The third kappa shape index (κ3) is 2.68. The SMILES string of the molecule is CCn1cc(-c2cc(=O)n(CC)c(=O)n2CC)c(=O)n(CC)c1=O. The highest BCUT2D eigenvalue weighted by Crippen LogP contribution is 2.11. The van der Waals surface area contributed by atoms with Crippen LogP contribution in [-0.4, -0.2) is 18.3 Å². The summed E-state index contributed by atoms with van der Waals surface area (Å²) >= 11 is 0. The van der Waals surface area contributed by atoms with Gasteiger partial charge in [-0.1, -0.05) is 0 Å². The fourth-order valence-electron chi connectivity index (χ4n) is 2.77. The van der Waals surface area contributed by atoms with Gasteiger partial charge in [0.15, 0.2) is 0 Å². The van der Waals surface area contributed by atoms with Gasteiger partial charge in [-0.15, -0.1) is 0 Å². The first-order valence-corrected chi connectivity index (χ1v) is 8.10. The Kier molecular flexibility index (Phi) is 5.06. The Morgan fingerprint density at radius 2 is 1.33 bits per heavy atom. The van der Waals surface area contributed by atoms with Crippen LogP contribution in [0.1, 0.15) is 27.7 Å². The van der Waals surface area contributed by atoms with E-state index in [0.29, 0.717) is 13.1 Å². The summed E-state index contributed by atoms with van der Waals surface area (Å²) in [6.45, 7) is 8.14. The molecule has 0 aromatic carbocycles. The summed E-state index contributed by atoms with van der Waals surface area (Å²) in [4.78, 5) is 49.6. The maximum atomic E-state index is 12.7. The summed E-state index contributed by atoms with van der Waals surface area (Å²) in [7, 11) is 0. The molecule has 0 N–H and O–H groups in total. The number of aromatic nitrogens is 4. The maximum absolute atomic E-state index is 12.7. The van der Waals surface area contributed by atoms with Crippen LogP contribution in [0.4, 0.5) is 0 Å². The molecule has 0 saturated heterocycles. The molecule has 2 heterocycles. The Hall–Kier alpha value is -2.64. The first kappa shape index (κ1) is 17.7. The predicted octanol–water partition coefficient (Wildman–Crippen LogP) is 0.0800. The molecule has 0 radical (unpaired) electrons. The minimum atomic E-state index is -0.498. The van der Waals surface area contributed by atoms with E-state index in [9.17, 15) is 19.2 Å². The predicted molar refractivity (Wildman–Crippen MR) is 91.6 cm³/mol. The van der Waals surface area contributed by atoms with Crippen LogP contribution in [0.3, 0.4) is 0 Å². The van der Waals surface area contributed by atoms with Crippen molar-refractivity contribution in [3.63, 3.8) is 0 Å². The Balaban J connectivity index is 2.98. The highest BCUT2D eigenvalue weighted by atomic mass is 16.2. The number of hydrogen-bond acceptors (Lipinski definition) is 4. The smallest absolute Gasteiger partial charge is 0.300 e. The van der Waals surface area contributed by atoms with E-state index in [1.165, 1.54) is 21.4 Å². The minimum absolute atomic E-state index is 0.178. The topological polar surface area (TPSA) is 88.0 Å². The van der Waals surface area contributed by atoms with Gasteiger partial charge in [0.25, 0.3) is 11.1 Å². The van der Waals surface area contributed by atoms with Crippen molar-refractivity contribution in [3.05, 3.63) is 53.9 Å². The summed E-state index contributed by atoms with van der Waals surface area (Å²) in [5.41, 5.74) is -1.40. The third-order valence-corrected chi connectivity index (χ3v) is 4.08. The van der Waals surface area contributed by atoms with Gasteiger partial charge in [0, 0.05) is 38.4 Å². The quantitative estimate of drug-likeness (QED) is 0.775. The molecule has 8 heteroatoms. The zero-order valence-corrected chi connectivity index (χ0v) is 14.4. The van der Waals surface area contributed by atoms with Crippen molar-refractivity contribution in [1.29, 1.82) is 0 Å². The van der Waals surface area contributed by atoms with Gasteiger partial charge in [-0.2, -0.15) is 0 Å². The van der Waals surface area contributed by atoms with Crippen molar-refractivity contribution >= 4 is 0 Å². The van der Waals surface area contributed by atoms with Gasteiger partial charge in [0.05, 0.1) is 11.3 Å². The number of hydrogen-bond donors (Lipinski definition) is 0. The van der Waals surface area contributed by atoms with E-state index >= 15 is 0 Å². The lowest BCUT2D eigenvalue weighted by molar-refractivity contribution is 0.577. The Labute approximate surface area is 138 Å². The highest BCUT2D eigenvalue weighted by Gasteiger charge is 2.17. The Bertz CT molecular complexity index is 991. The second-order valence-corrected chi connectivity index (χ2v) is 5.30. The van der Waals surface area contributed by atoms with E-state index in [-0.39, 0.29) is 24.3 Å². The molecule has 8 nitrogen and oxygen atoms in total. The molecule has 0 aliphatic rings. The van der Waals surface area contributed by atoms with Crippen LogP contribution in [0.25, 0.3) is 11.3 Å². The van der Waals surface area contributed by atoms with E-state index < -0.39 is 22.5 Å². The molecule has 24 heavy (non-hydrogen) atoms. The van der Waals surface area contributed by atoms with Gasteiger partial charge < -0.3 is 4.57 Å². The lowest BCUT2D eigenvalue weighted by Gasteiger charge is -2.15. The average molecular weight is 334 g/mol. The molecule has 0 atom stereocenters. The largest absolute Gasteiger partial charge is 0.331 e. The van der Waals surface area contributed by atoms with Gasteiger partial charge in [-0.3, -0.25) is 23.3 Å². The molecule has 0 spiro atoms. The van der Waals surface area contributed by atoms with Crippen LogP contribution in [0.15, 0.2) is 31.4 Å². The zero-order valence-electron chi connectivity index (χ0n) is 14.4. The van der Waals surface area contributed by atoms with Gasteiger partial charge in [-0.25, -0.2) is 9.59 Å². The van der Waals surface area contributed by atoms with E-state index in [2.05, 4.69) is 0 Å². The van der Waals surface area contributed by atoms with Gasteiger partial charge in [-0.05, 0) is 27.7 Å². The molecule has 0 aliphatic heterocycles. The normalized spacial score (nSPS) is 11.0. The molecule has 0 bridgehead atoms. The molecular formula is C16H22N4O4. The van der Waals surface area contributed by atoms with Crippen LogP contribution >= 0.6 is 0 Å². The van der Waals surface area contributed by atoms with Crippen molar-refractivity contribution < 1.29 is 0 Å². The van der Waals surface area contributed by atoms with E-state index in [4.69, 9.17) is 0 Å². The molecule has 0 fully saturated rings. The zero-order chi connectivity index (χ0) is 18.0. The van der Waals surface area contributed by atoms with Crippen LogP contribution < -0.4 is 22.5 Å². The summed E-state index contributed by atoms with van der Waals surface area (Å²) in [5, 5.41) is 0. The van der Waals surface area contributed by atoms with E-state index in [0.717, 1.165) is 9.13 Å². The van der Waals surface area contributed by atoms with Crippen LogP contribution in [-0.2, 0) is 26.2 Å². The Morgan fingerprint density at radius 1 is 0.750 bits per heavy atom. The summed E-state index contributed by atoms with van der Waals surface area (Å²) < 4.78 is 5.00. The monoisotopic (exact) mass is 334 g/mol. The Morgan fingerprint density at radius 3 is 1.83 bits per heavy atom. The van der Waals surface area contributed by atoms with Crippen molar-refractivity contribution in [3.8, 4) is 11.3 Å². The molecule has 130 valence electrons. The lowest BCUT2D eigenvalue weighted by atomic mass is 10.2. The van der Waals surface area contributed by atoms with E-state index in [1.807, 2.05) is 0 Å². The van der Waals surface area contributed by atoms with Crippen molar-refractivity contribution in [2.75, 3.05) is 0 Å². The molecule has 2 rings (SSSR count).